The Morgan fingerprint density at radius 1 is 0.889 bits per heavy atom. The first-order valence-corrected chi connectivity index (χ1v) is 6.22. The molecule has 0 saturated carbocycles. The van der Waals surface area contributed by atoms with Crippen LogP contribution in [0.25, 0.3) is 10.8 Å². The van der Waals surface area contributed by atoms with Gasteiger partial charge in [0.05, 0.1) is 0 Å². The second-order valence-electron chi connectivity index (χ2n) is 4.34. The highest BCUT2D eigenvalue weighted by Gasteiger charge is 2.00. The second-order valence-corrected chi connectivity index (χ2v) is 4.34. The fourth-order valence-corrected chi connectivity index (χ4v) is 2.15. The normalized spacial score (nSPS) is 14.3. The highest BCUT2D eigenvalue weighted by atomic mass is 14.9. The van der Waals surface area contributed by atoms with E-state index in [0.29, 0.717) is 0 Å². The van der Waals surface area contributed by atoms with Crippen LogP contribution in [0.4, 0.5) is 5.69 Å². The summed E-state index contributed by atoms with van der Waals surface area (Å²) in [5.41, 5.74) is 2.28. The summed E-state index contributed by atoms with van der Waals surface area (Å²) in [4.78, 5) is 0. The third-order valence-corrected chi connectivity index (χ3v) is 3.05. The highest BCUT2D eigenvalue weighted by Crippen LogP contribution is 2.24. The van der Waals surface area contributed by atoms with Crippen LogP contribution >= 0.6 is 0 Å². The van der Waals surface area contributed by atoms with Crippen LogP contribution in [-0.2, 0) is 0 Å². The minimum Gasteiger partial charge on any atom is -0.355 e. The predicted octanol–water partition coefficient (Wildman–Crippen LogP) is 4.65. The van der Waals surface area contributed by atoms with Gasteiger partial charge in [-0.3, -0.25) is 0 Å². The third kappa shape index (κ3) is 2.21. The molecule has 1 aliphatic carbocycles. The van der Waals surface area contributed by atoms with Gasteiger partial charge in [-0.15, -0.1) is 0 Å². The van der Waals surface area contributed by atoms with Crippen LogP contribution in [0.2, 0.25) is 0 Å². The van der Waals surface area contributed by atoms with Crippen molar-refractivity contribution in [1.82, 2.24) is 0 Å². The van der Waals surface area contributed by atoms with E-state index in [9.17, 15) is 0 Å². The van der Waals surface area contributed by atoms with Crippen molar-refractivity contribution in [3.63, 3.8) is 0 Å². The van der Waals surface area contributed by atoms with Crippen molar-refractivity contribution in [3.8, 4) is 0 Å². The van der Waals surface area contributed by atoms with E-state index in [1.54, 1.807) is 0 Å². The Balaban J connectivity index is 2.00. The van der Waals surface area contributed by atoms with Crippen LogP contribution in [0.5, 0.6) is 0 Å². The van der Waals surface area contributed by atoms with E-state index in [4.69, 9.17) is 0 Å². The molecule has 18 heavy (non-hydrogen) atoms. The van der Waals surface area contributed by atoms with Crippen LogP contribution in [0.15, 0.2) is 78.5 Å². The maximum Gasteiger partial charge on any atom is 0.0463 e. The van der Waals surface area contributed by atoms with Gasteiger partial charge in [0, 0.05) is 16.8 Å². The molecule has 1 nitrogen and oxygen atoms in total. The van der Waals surface area contributed by atoms with E-state index in [-0.39, 0.29) is 0 Å². The maximum absolute atomic E-state index is 3.49. The van der Waals surface area contributed by atoms with Crippen molar-refractivity contribution in [2.75, 3.05) is 5.32 Å². The van der Waals surface area contributed by atoms with Crippen molar-refractivity contribution < 1.29 is 0 Å². The van der Waals surface area contributed by atoms with Crippen LogP contribution < -0.4 is 5.32 Å². The van der Waals surface area contributed by atoms with Gasteiger partial charge >= 0.3 is 0 Å². The van der Waals surface area contributed by atoms with E-state index in [1.807, 2.05) is 0 Å². The summed E-state index contributed by atoms with van der Waals surface area (Å²) in [6, 6.07) is 14.8. The Hall–Kier alpha value is -2.28. The molecule has 0 unspecified atom stereocenters. The molecule has 2 aromatic carbocycles. The Morgan fingerprint density at radius 2 is 1.78 bits per heavy atom. The Bertz CT molecular complexity index is 642. The Kier molecular flexibility index (Phi) is 2.97. The molecule has 0 atom stereocenters. The minimum absolute atomic E-state index is 0.997. The lowest BCUT2D eigenvalue weighted by atomic mass is 10.1. The molecular weight excluding hydrogens is 218 g/mol. The molecule has 88 valence electrons. The fraction of sp³-hybridized carbons (Fsp3) is 0.0588. The maximum atomic E-state index is 3.49. The highest BCUT2D eigenvalue weighted by molar-refractivity contribution is 5.94. The van der Waals surface area contributed by atoms with Gasteiger partial charge < -0.3 is 5.32 Å². The first-order valence-electron chi connectivity index (χ1n) is 6.22. The van der Waals surface area contributed by atoms with Gasteiger partial charge in [-0.05, 0) is 30.0 Å². The first-order chi connectivity index (χ1) is 8.93. The second kappa shape index (κ2) is 4.92. The number of hydrogen-bond acceptors (Lipinski definition) is 1. The predicted molar refractivity (Wildman–Crippen MR) is 78.6 cm³/mol. The first kappa shape index (κ1) is 10.8. The van der Waals surface area contributed by atoms with Crippen LogP contribution in [-0.4, -0.2) is 0 Å². The van der Waals surface area contributed by atoms with Gasteiger partial charge in [-0.25, -0.2) is 0 Å². The monoisotopic (exact) mass is 233 g/mol. The molecule has 1 aliphatic rings. The number of allylic oxidation sites excluding steroid dienone is 5. The number of benzene rings is 2. The van der Waals surface area contributed by atoms with Gasteiger partial charge in [0.15, 0.2) is 0 Å². The quantitative estimate of drug-likeness (QED) is 0.796. The van der Waals surface area contributed by atoms with Crippen molar-refractivity contribution in [2.45, 2.75) is 6.42 Å². The van der Waals surface area contributed by atoms with E-state index in [0.717, 1.165) is 17.8 Å². The zero-order valence-corrected chi connectivity index (χ0v) is 10.1. The summed E-state index contributed by atoms with van der Waals surface area (Å²) in [6.07, 6.45) is 11.6. The fourth-order valence-electron chi connectivity index (χ4n) is 2.15. The zero-order chi connectivity index (χ0) is 12.2. The summed E-state index contributed by atoms with van der Waals surface area (Å²) < 4.78 is 0. The van der Waals surface area contributed by atoms with Crippen molar-refractivity contribution in [3.05, 3.63) is 78.5 Å². The number of hydrogen-bond donors (Lipinski definition) is 1. The number of nitrogens with one attached hydrogen (secondary N) is 1. The van der Waals surface area contributed by atoms with Gasteiger partial charge in [0.2, 0.25) is 0 Å². The standard InChI is InChI=1S/C17H15N/c1-2-4-11-15(10-3-1)18-17-13-7-9-14-8-5-6-12-16(14)17/h1,3-13,18H,2H2. The summed E-state index contributed by atoms with van der Waals surface area (Å²) in [5, 5.41) is 6.00. The largest absolute Gasteiger partial charge is 0.355 e. The Morgan fingerprint density at radius 3 is 2.78 bits per heavy atom. The van der Waals surface area contributed by atoms with E-state index in [1.165, 1.54) is 10.8 Å². The van der Waals surface area contributed by atoms with E-state index in [2.05, 4.69) is 78.2 Å². The van der Waals surface area contributed by atoms with Gasteiger partial charge in [0.25, 0.3) is 0 Å². The molecule has 3 rings (SSSR count). The lowest BCUT2D eigenvalue weighted by Crippen LogP contribution is -1.96. The van der Waals surface area contributed by atoms with E-state index >= 15 is 0 Å². The van der Waals surface area contributed by atoms with Gasteiger partial charge in [-0.2, -0.15) is 0 Å². The molecule has 0 saturated heterocycles. The average Bonchev–Trinajstić information content (AvgIpc) is 2.68. The SMILES string of the molecule is C1=CCC=CC(Nc2cccc3ccccc23)=C1. The molecule has 0 spiro atoms. The topological polar surface area (TPSA) is 12.0 Å². The molecule has 0 amide bonds. The molecule has 0 fully saturated rings. The number of rotatable bonds is 2. The summed E-state index contributed by atoms with van der Waals surface area (Å²) in [5.74, 6) is 0. The van der Waals surface area contributed by atoms with Crippen LogP contribution in [0.3, 0.4) is 0 Å². The number of fused-ring (bicyclic) bond motifs is 1. The van der Waals surface area contributed by atoms with Crippen molar-refractivity contribution in [2.24, 2.45) is 0 Å². The third-order valence-electron chi connectivity index (χ3n) is 3.05. The zero-order valence-electron chi connectivity index (χ0n) is 10.1. The van der Waals surface area contributed by atoms with Gasteiger partial charge in [-0.1, -0.05) is 54.6 Å². The molecule has 0 radical (unpaired) electrons. The lowest BCUT2D eigenvalue weighted by Gasteiger charge is -2.10. The summed E-state index contributed by atoms with van der Waals surface area (Å²) in [7, 11) is 0. The molecule has 0 bridgehead atoms. The van der Waals surface area contributed by atoms with Crippen LogP contribution in [0, 0.1) is 0 Å². The van der Waals surface area contributed by atoms with Crippen molar-refractivity contribution in [1.29, 1.82) is 0 Å². The summed E-state index contributed by atoms with van der Waals surface area (Å²) in [6.45, 7) is 0. The van der Waals surface area contributed by atoms with Crippen LogP contribution in [0.1, 0.15) is 6.42 Å². The number of anilines is 1. The van der Waals surface area contributed by atoms with E-state index < -0.39 is 0 Å². The Labute approximate surface area is 107 Å². The average molecular weight is 233 g/mol. The molecule has 1 heteroatoms. The molecule has 0 heterocycles. The lowest BCUT2D eigenvalue weighted by molar-refractivity contribution is 1.39. The molecule has 1 N–H and O–H groups in total. The summed E-state index contributed by atoms with van der Waals surface area (Å²) >= 11 is 0. The minimum atomic E-state index is 0.997. The molecule has 2 aromatic rings. The molecular formula is C17H15N. The molecule has 0 aliphatic heterocycles. The molecule has 0 aromatic heterocycles. The van der Waals surface area contributed by atoms with Crippen molar-refractivity contribution >= 4 is 16.5 Å². The van der Waals surface area contributed by atoms with Gasteiger partial charge in [0.1, 0.15) is 0 Å². The smallest absolute Gasteiger partial charge is 0.0463 e.